The number of ether oxygens (including phenoxy) is 1. The first-order chi connectivity index (χ1) is 15.4. The van der Waals surface area contributed by atoms with Crippen molar-refractivity contribution in [3.8, 4) is 11.5 Å². The number of carbonyl (C=O) groups is 1. The number of fused-ring (bicyclic) bond motifs is 1. The molecule has 1 aliphatic heterocycles. The molecule has 33 heavy (non-hydrogen) atoms. The molecule has 2 aromatic rings. The van der Waals surface area contributed by atoms with Crippen molar-refractivity contribution in [1.82, 2.24) is 15.3 Å². The summed E-state index contributed by atoms with van der Waals surface area (Å²) in [7, 11) is -5.22. The Morgan fingerprint density at radius 3 is 2.76 bits per heavy atom. The van der Waals surface area contributed by atoms with Gasteiger partial charge in [-0.25, -0.2) is 18.7 Å². The Labute approximate surface area is 196 Å². The van der Waals surface area contributed by atoms with Crippen LogP contribution in [0.1, 0.15) is 38.2 Å². The predicted molar refractivity (Wildman–Crippen MR) is 131 cm³/mol. The molecule has 1 N–H and O–H groups in total. The van der Waals surface area contributed by atoms with Crippen molar-refractivity contribution in [2.24, 2.45) is 0 Å². The molecule has 1 aromatic carbocycles. The molecule has 0 spiro atoms. The average molecular weight is 492 g/mol. The molecule has 180 valence electrons. The summed E-state index contributed by atoms with van der Waals surface area (Å²) < 4.78 is 30.6. The molecule has 0 radical (unpaired) electrons. The van der Waals surface area contributed by atoms with E-state index in [4.69, 9.17) is 9.57 Å². The van der Waals surface area contributed by atoms with Crippen LogP contribution >= 0.6 is 0 Å². The lowest BCUT2D eigenvalue weighted by Gasteiger charge is -2.28. The summed E-state index contributed by atoms with van der Waals surface area (Å²) in [5.74, 6) is 2.53. The second-order valence-electron chi connectivity index (χ2n) is 9.74. The van der Waals surface area contributed by atoms with E-state index in [-0.39, 0.29) is 13.0 Å². The highest BCUT2D eigenvalue weighted by Crippen LogP contribution is 2.24. The Kier molecular flexibility index (Phi) is 7.68. The SMILES string of the molecule is C[C@@](CCn1ncc2cc(C#C[Si](C)(C)C)ccc21)(C(=O)NOC1CCCCO1)S(C)(=O)=O. The summed E-state index contributed by atoms with van der Waals surface area (Å²) in [5, 5.41) is 5.33. The second-order valence-corrected chi connectivity index (χ2v) is 16.9. The van der Waals surface area contributed by atoms with Gasteiger partial charge in [-0.2, -0.15) is 5.10 Å². The van der Waals surface area contributed by atoms with Gasteiger partial charge in [-0.15, -0.1) is 5.54 Å². The van der Waals surface area contributed by atoms with Gasteiger partial charge in [0.2, 0.25) is 0 Å². The van der Waals surface area contributed by atoms with Gasteiger partial charge < -0.3 is 4.74 Å². The number of amides is 1. The highest BCUT2D eigenvalue weighted by Gasteiger charge is 2.44. The minimum Gasteiger partial charge on any atom is -0.350 e. The van der Waals surface area contributed by atoms with E-state index in [1.807, 2.05) is 18.2 Å². The highest BCUT2D eigenvalue weighted by molar-refractivity contribution is 7.92. The molecule has 1 unspecified atom stereocenters. The molecule has 10 heteroatoms. The standard InChI is InChI=1S/C23H33N3O5SSi/c1-23(32(2,28)29,22(27)25-31-21-8-6-7-14-30-21)12-13-26-20-10-9-18(11-15-33(3,4)5)16-19(20)17-24-26/h9-10,16-17,21H,6-8,12-14H2,1-5H3,(H,25,27)/t21?,23-/m1/s1. The van der Waals surface area contributed by atoms with Crippen molar-refractivity contribution in [2.75, 3.05) is 12.9 Å². The molecule has 3 rings (SSSR count). The van der Waals surface area contributed by atoms with Gasteiger partial charge in [-0.3, -0.25) is 9.48 Å². The van der Waals surface area contributed by atoms with E-state index in [0.29, 0.717) is 13.0 Å². The smallest absolute Gasteiger partial charge is 0.264 e. The number of aryl methyl sites for hydroxylation is 1. The minimum atomic E-state index is -3.74. The Morgan fingerprint density at radius 2 is 2.12 bits per heavy atom. The maximum absolute atomic E-state index is 12.9. The molecule has 0 saturated carbocycles. The first-order valence-electron chi connectivity index (χ1n) is 11.2. The van der Waals surface area contributed by atoms with Gasteiger partial charge in [0.25, 0.3) is 5.91 Å². The van der Waals surface area contributed by atoms with Crippen LogP contribution in [0, 0.1) is 11.5 Å². The van der Waals surface area contributed by atoms with Crippen LogP contribution < -0.4 is 5.48 Å². The number of aromatic nitrogens is 2. The number of hydrogen-bond donors (Lipinski definition) is 1. The van der Waals surface area contributed by atoms with Crippen molar-refractivity contribution in [3.05, 3.63) is 30.0 Å². The maximum atomic E-state index is 12.9. The number of benzene rings is 1. The van der Waals surface area contributed by atoms with Gasteiger partial charge >= 0.3 is 0 Å². The Balaban J connectivity index is 1.73. The lowest BCUT2D eigenvalue weighted by molar-refractivity contribution is -0.201. The predicted octanol–water partition coefficient (Wildman–Crippen LogP) is 3.03. The summed E-state index contributed by atoms with van der Waals surface area (Å²) in [4.78, 5) is 18.2. The van der Waals surface area contributed by atoms with Crippen LogP contribution in [-0.4, -0.2) is 56.1 Å². The third-order valence-corrected chi connectivity index (χ3v) is 8.65. The van der Waals surface area contributed by atoms with Crippen LogP contribution in [0.4, 0.5) is 0 Å². The summed E-state index contributed by atoms with van der Waals surface area (Å²) in [6.07, 6.45) is 4.81. The van der Waals surface area contributed by atoms with Gasteiger partial charge in [-0.05, 0) is 44.4 Å². The molecule has 1 aromatic heterocycles. The van der Waals surface area contributed by atoms with E-state index in [0.717, 1.165) is 35.6 Å². The highest BCUT2D eigenvalue weighted by atomic mass is 32.2. The first-order valence-corrected chi connectivity index (χ1v) is 16.5. The maximum Gasteiger partial charge on any atom is 0.264 e. The molecule has 0 bridgehead atoms. The largest absolute Gasteiger partial charge is 0.350 e. The zero-order valence-electron chi connectivity index (χ0n) is 20.0. The van der Waals surface area contributed by atoms with Crippen LogP contribution in [0.2, 0.25) is 19.6 Å². The van der Waals surface area contributed by atoms with Gasteiger partial charge in [0.05, 0.1) is 11.7 Å². The number of hydroxylamine groups is 1. The lowest BCUT2D eigenvalue weighted by atomic mass is 10.1. The molecule has 2 heterocycles. The van der Waals surface area contributed by atoms with E-state index in [1.54, 1.807) is 10.9 Å². The fourth-order valence-corrected chi connectivity index (χ4v) is 4.78. The monoisotopic (exact) mass is 491 g/mol. The van der Waals surface area contributed by atoms with Gasteiger partial charge in [0.1, 0.15) is 8.07 Å². The minimum absolute atomic E-state index is 0.0422. The quantitative estimate of drug-likeness (QED) is 0.363. The number of nitrogens with zero attached hydrogens (tertiary/aromatic N) is 2. The van der Waals surface area contributed by atoms with E-state index in [9.17, 15) is 13.2 Å². The van der Waals surface area contributed by atoms with Crippen molar-refractivity contribution in [1.29, 1.82) is 0 Å². The molecule has 1 amide bonds. The number of sulfone groups is 1. The van der Waals surface area contributed by atoms with Crippen molar-refractivity contribution >= 4 is 34.7 Å². The Bertz CT molecular complexity index is 1170. The van der Waals surface area contributed by atoms with Gasteiger partial charge in [0.15, 0.2) is 20.9 Å². The average Bonchev–Trinajstić information content (AvgIpc) is 3.16. The fraction of sp³-hybridized carbons (Fsp3) is 0.565. The topological polar surface area (TPSA) is 99.5 Å². The van der Waals surface area contributed by atoms with E-state index in [1.165, 1.54) is 6.92 Å². The van der Waals surface area contributed by atoms with Crippen molar-refractivity contribution in [3.63, 3.8) is 0 Å². The molecule has 1 fully saturated rings. The Hall–Kier alpha value is -2.19. The number of hydrogen-bond acceptors (Lipinski definition) is 6. The molecule has 8 nitrogen and oxygen atoms in total. The number of nitrogens with one attached hydrogen (secondary N) is 1. The normalized spacial score (nSPS) is 18.9. The first kappa shape index (κ1) is 25.4. The third kappa shape index (κ3) is 6.44. The van der Waals surface area contributed by atoms with Crippen LogP contribution in [0.5, 0.6) is 0 Å². The fourth-order valence-electron chi connectivity index (χ4n) is 3.42. The molecular weight excluding hydrogens is 458 g/mol. The van der Waals surface area contributed by atoms with E-state index in [2.05, 4.69) is 41.7 Å². The van der Waals surface area contributed by atoms with Gasteiger partial charge in [0, 0.05) is 36.8 Å². The van der Waals surface area contributed by atoms with Crippen molar-refractivity contribution < 1.29 is 22.8 Å². The van der Waals surface area contributed by atoms with Crippen LogP contribution in [0.15, 0.2) is 24.4 Å². The third-order valence-electron chi connectivity index (χ3n) is 5.74. The molecule has 2 atom stereocenters. The summed E-state index contributed by atoms with van der Waals surface area (Å²) in [6.45, 7) is 8.80. The molecule has 1 saturated heterocycles. The van der Waals surface area contributed by atoms with Crippen LogP contribution in [-0.2, 0) is 30.8 Å². The molecular formula is C23H33N3O5SSi. The van der Waals surface area contributed by atoms with E-state index >= 15 is 0 Å². The summed E-state index contributed by atoms with van der Waals surface area (Å²) in [6, 6.07) is 5.85. The number of carbonyl (C=O) groups excluding carboxylic acids is 1. The summed E-state index contributed by atoms with van der Waals surface area (Å²) in [5.41, 5.74) is 7.45. The zero-order chi connectivity index (χ0) is 24.3. The molecule has 1 aliphatic rings. The van der Waals surface area contributed by atoms with Crippen LogP contribution in [0.25, 0.3) is 10.9 Å². The van der Waals surface area contributed by atoms with Gasteiger partial charge in [-0.1, -0.05) is 25.6 Å². The zero-order valence-corrected chi connectivity index (χ0v) is 21.8. The van der Waals surface area contributed by atoms with E-state index < -0.39 is 34.9 Å². The number of rotatable bonds is 7. The Morgan fingerprint density at radius 1 is 1.36 bits per heavy atom. The second kappa shape index (κ2) is 9.97. The summed E-state index contributed by atoms with van der Waals surface area (Å²) >= 11 is 0. The lowest BCUT2D eigenvalue weighted by Crippen LogP contribution is -2.51. The van der Waals surface area contributed by atoms with Crippen LogP contribution in [0.3, 0.4) is 0 Å². The molecule has 0 aliphatic carbocycles. The van der Waals surface area contributed by atoms with Crippen molar-refractivity contribution in [2.45, 2.75) is 69.8 Å².